The Morgan fingerprint density at radius 1 is 1.16 bits per heavy atom. The molecule has 0 radical (unpaired) electrons. The number of ether oxygens (including phenoxy) is 1. The van der Waals surface area contributed by atoms with Crippen LogP contribution in [0.5, 0.6) is 5.75 Å². The molecule has 134 valence electrons. The summed E-state index contributed by atoms with van der Waals surface area (Å²) in [6.45, 7) is 5.71. The Kier molecular flexibility index (Phi) is 6.35. The van der Waals surface area contributed by atoms with Gasteiger partial charge in [-0.1, -0.05) is 23.5 Å². The molecule has 2 N–H and O–H groups in total. The number of thiazole rings is 1. The van der Waals surface area contributed by atoms with Crippen molar-refractivity contribution < 1.29 is 14.3 Å². The van der Waals surface area contributed by atoms with Crippen LogP contribution in [0.4, 0.5) is 0 Å². The van der Waals surface area contributed by atoms with Crippen molar-refractivity contribution >= 4 is 23.2 Å². The van der Waals surface area contributed by atoms with E-state index in [0.29, 0.717) is 5.75 Å². The van der Waals surface area contributed by atoms with Crippen LogP contribution >= 0.6 is 11.3 Å². The summed E-state index contributed by atoms with van der Waals surface area (Å²) in [5, 5.41) is 1.74. The standard InChI is InChI=1S/C17H21N3O4S/c1-11-4-5-12(2)14(8-11)24-9-16(22)19-18-15(21)6-7-20-13(3)10-25-17(20)23/h4-5,8,10H,6-7,9H2,1-3H3,(H,18,21)(H,19,22). The van der Waals surface area contributed by atoms with Gasteiger partial charge in [-0.05, 0) is 38.0 Å². The van der Waals surface area contributed by atoms with E-state index in [9.17, 15) is 14.4 Å². The number of aromatic nitrogens is 1. The summed E-state index contributed by atoms with van der Waals surface area (Å²) in [5.41, 5.74) is 7.39. The second-order valence-electron chi connectivity index (χ2n) is 5.70. The molecule has 0 bridgehead atoms. The number of nitrogens with zero attached hydrogens (tertiary/aromatic N) is 1. The minimum atomic E-state index is -0.460. The Hall–Kier alpha value is -2.61. The van der Waals surface area contributed by atoms with Crippen LogP contribution in [0, 0.1) is 20.8 Å². The first-order valence-electron chi connectivity index (χ1n) is 7.79. The molecule has 0 atom stereocenters. The molecule has 2 amide bonds. The number of hydrogen-bond acceptors (Lipinski definition) is 5. The summed E-state index contributed by atoms with van der Waals surface area (Å²) < 4.78 is 6.98. The molecular weight excluding hydrogens is 342 g/mol. The average Bonchev–Trinajstić information content (AvgIpc) is 2.90. The van der Waals surface area contributed by atoms with Crippen molar-refractivity contribution in [3.05, 3.63) is 50.1 Å². The zero-order chi connectivity index (χ0) is 18.4. The number of carbonyl (C=O) groups is 2. The molecular formula is C17H21N3O4S. The number of rotatable bonds is 6. The van der Waals surface area contributed by atoms with Crippen LogP contribution in [-0.2, 0) is 16.1 Å². The summed E-state index contributed by atoms with van der Waals surface area (Å²) in [7, 11) is 0. The van der Waals surface area contributed by atoms with Gasteiger partial charge in [-0.3, -0.25) is 25.2 Å². The lowest BCUT2D eigenvalue weighted by atomic mass is 10.1. The number of carbonyl (C=O) groups excluding carboxylic acids is 2. The molecule has 2 aromatic rings. The second kappa shape index (κ2) is 8.48. The lowest BCUT2D eigenvalue weighted by molar-refractivity contribution is -0.130. The van der Waals surface area contributed by atoms with Gasteiger partial charge in [0.2, 0.25) is 5.91 Å². The highest BCUT2D eigenvalue weighted by atomic mass is 32.1. The fourth-order valence-electron chi connectivity index (χ4n) is 2.13. The minimum absolute atomic E-state index is 0.0929. The van der Waals surface area contributed by atoms with Crippen molar-refractivity contribution in [1.82, 2.24) is 15.4 Å². The fraction of sp³-hybridized carbons (Fsp3) is 0.353. The molecule has 0 aliphatic carbocycles. The van der Waals surface area contributed by atoms with Crippen LogP contribution in [0.2, 0.25) is 0 Å². The van der Waals surface area contributed by atoms with Crippen LogP contribution < -0.4 is 20.5 Å². The van der Waals surface area contributed by atoms with Crippen molar-refractivity contribution in [2.24, 2.45) is 0 Å². The van der Waals surface area contributed by atoms with Crippen LogP contribution in [0.15, 0.2) is 28.4 Å². The molecule has 1 aromatic carbocycles. The van der Waals surface area contributed by atoms with Gasteiger partial charge in [0, 0.05) is 24.0 Å². The Balaban J connectivity index is 1.73. The van der Waals surface area contributed by atoms with Gasteiger partial charge in [0.25, 0.3) is 5.91 Å². The van der Waals surface area contributed by atoms with E-state index in [4.69, 9.17) is 4.74 Å². The predicted octanol–water partition coefficient (Wildman–Crippen LogP) is 1.45. The van der Waals surface area contributed by atoms with Gasteiger partial charge in [0.1, 0.15) is 5.75 Å². The van der Waals surface area contributed by atoms with Crippen molar-refractivity contribution in [2.75, 3.05) is 6.61 Å². The molecule has 2 rings (SSSR count). The van der Waals surface area contributed by atoms with E-state index in [-0.39, 0.29) is 30.4 Å². The van der Waals surface area contributed by atoms with Crippen molar-refractivity contribution in [3.8, 4) is 5.75 Å². The summed E-state index contributed by atoms with van der Waals surface area (Å²) in [6, 6.07) is 5.73. The third-order valence-corrected chi connectivity index (χ3v) is 4.46. The lowest BCUT2D eigenvalue weighted by Crippen LogP contribution is -2.44. The highest BCUT2D eigenvalue weighted by Gasteiger charge is 2.09. The Morgan fingerprint density at radius 2 is 1.88 bits per heavy atom. The summed E-state index contributed by atoms with van der Waals surface area (Å²) in [5.74, 6) is -0.204. The van der Waals surface area contributed by atoms with E-state index < -0.39 is 5.91 Å². The van der Waals surface area contributed by atoms with Gasteiger partial charge in [-0.25, -0.2) is 0 Å². The Labute approximate surface area is 149 Å². The van der Waals surface area contributed by atoms with Gasteiger partial charge in [0.05, 0.1) is 0 Å². The van der Waals surface area contributed by atoms with Crippen LogP contribution in [0.25, 0.3) is 0 Å². The van der Waals surface area contributed by atoms with Crippen LogP contribution in [-0.4, -0.2) is 23.0 Å². The maximum absolute atomic E-state index is 11.8. The molecule has 7 nitrogen and oxygen atoms in total. The minimum Gasteiger partial charge on any atom is -0.483 e. The van der Waals surface area contributed by atoms with Gasteiger partial charge in [0.15, 0.2) is 6.61 Å². The van der Waals surface area contributed by atoms with E-state index in [0.717, 1.165) is 28.2 Å². The highest BCUT2D eigenvalue weighted by Crippen LogP contribution is 2.18. The molecule has 0 saturated carbocycles. The monoisotopic (exact) mass is 363 g/mol. The molecule has 25 heavy (non-hydrogen) atoms. The summed E-state index contributed by atoms with van der Waals surface area (Å²) in [6.07, 6.45) is 0.0929. The number of benzene rings is 1. The van der Waals surface area contributed by atoms with Crippen LogP contribution in [0.1, 0.15) is 23.2 Å². The van der Waals surface area contributed by atoms with Crippen molar-refractivity contribution in [1.29, 1.82) is 0 Å². The first-order valence-corrected chi connectivity index (χ1v) is 8.67. The van der Waals surface area contributed by atoms with E-state index in [1.807, 2.05) is 39.0 Å². The normalized spacial score (nSPS) is 10.4. The third-order valence-electron chi connectivity index (χ3n) is 3.58. The molecule has 0 fully saturated rings. The maximum atomic E-state index is 11.8. The highest BCUT2D eigenvalue weighted by molar-refractivity contribution is 7.07. The molecule has 1 aromatic heterocycles. The Morgan fingerprint density at radius 3 is 2.56 bits per heavy atom. The first-order chi connectivity index (χ1) is 11.9. The molecule has 1 heterocycles. The zero-order valence-corrected chi connectivity index (χ0v) is 15.2. The topological polar surface area (TPSA) is 89.4 Å². The van der Waals surface area contributed by atoms with E-state index >= 15 is 0 Å². The molecule has 0 aliphatic rings. The zero-order valence-electron chi connectivity index (χ0n) is 14.4. The number of amides is 2. The molecule has 0 unspecified atom stereocenters. The van der Waals surface area contributed by atoms with E-state index in [1.165, 1.54) is 4.57 Å². The smallest absolute Gasteiger partial charge is 0.307 e. The fourth-order valence-corrected chi connectivity index (χ4v) is 2.89. The second-order valence-corrected chi connectivity index (χ2v) is 6.52. The molecule has 0 spiro atoms. The largest absolute Gasteiger partial charge is 0.483 e. The number of hydrogen-bond donors (Lipinski definition) is 2. The van der Waals surface area contributed by atoms with Crippen molar-refractivity contribution in [3.63, 3.8) is 0 Å². The van der Waals surface area contributed by atoms with Crippen LogP contribution in [0.3, 0.4) is 0 Å². The number of nitrogens with one attached hydrogen (secondary N) is 2. The molecule has 0 saturated heterocycles. The number of hydrazine groups is 1. The lowest BCUT2D eigenvalue weighted by Gasteiger charge is -2.11. The van der Waals surface area contributed by atoms with Gasteiger partial charge in [-0.2, -0.15) is 0 Å². The van der Waals surface area contributed by atoms with Gasteiger partial charge < -0.3 is 9.30 Å². The van der Waals surface area contributed by atoms with E-state index in [2.05, 4.69) is 10.9 Å². The quantitative estimate of drug-likeness (QED) is 0.760. The molecule has 8 heteroatoms. The summed E-state index contributed by atoms with van der Waals surface area (Å²) >= 11 is 1.10. The maximum Gasteiger partial charge on any atom is 0.307 e. The Bertz CT molecular complexity index is 826. The predicted molar refractivity (Wildman–Crippen MR) is 95.6 cm³/mol. The first kappa shape index (κ1) is 18.7. The molecule has 0 aliphatic heterocycles. The SMILES string of the molecule is Cc1ccc(C)c(OCC(=O)NNC(=O)CCn2c(C)csc2=O)c1. The van der Waals surface area contributed by atoms with Gasteiger partial charge >= 0.3 is 4.87 Å². The third kappa shape index (κ3) is 5.46. The van der Waals surface area contributed by atoms with Gasteiger partial charge in [-0.15, -0.1) is 0 Å². The van der Waals surface area contributed by atoms with Crippen molar-refractivity contribution in [2.45, 2.75) is 33.7 Å². The summed E-state index contributed by atoms with van der Waals surface area (Å²) in [4.78, 5) is 35.0. The van der Waals surface area contributed by atoms with E-state index in [1.54, 1.807) is 5.38 Å². The average molecular weight is 363 g/mol. The number of aryl methyl sites for hydroxylation is 3.